The first kappa shape index (κ1) is 30.3. The zero-order valence-corrected chi connectivity index (χ0v) is 22.2. The number of benzene rings is 2. The highest BCUT2D eigenvalue weighted by Gasteiger charge is 2.20. The predicted octanol–water partition coefficient (Wildman–Crippen LogP) is 8.58. The molecule has 0 bridgehead atoms. The molecule has 37 heavy (non-hydrogen) atoms. The molecule has 0 heterocycles. The Balaban J connectivity index is 1.81. The number of halogens is 2. The molecule has 7 heteroatoms. The second-order valence-electron chi connectivity index (χ2n) is 9.21. The fourth-order valence-corrected chi connectivity index (χ4v) is 3.81. The number of unbranched alkanes of at least 4 members (excludes halogenated alkanes) is 10. The van der Waals surface area contributed by atoms with E-state index in [4.69, 9.17) is 14.2 Å². The van der Waals surface area contributed by atoms with Crippen LogP contribution in [0, 0.1) is 11.6 Å². The Morgan fingerprint density at radius 3 is 1.76 bits per heavy atom. The molecule has 0 amide bonds. The first-order valence-electron chi connectivity index (χ1n) is 13.6. The lowest BCUT2D eigenvalue weighted by Gasteiger charge is -2.10. The third-order valence-corrected chi connectivity index (χ3v) is 6.03. The summed E-state index contributed by atoms with van der Waals surface area (Å²) in [4.78, 5) is 24.4. The molecule has 2 rings (SSSR count). The number of carbonyl (C=O) groups is 2. The fraction of sp³-hybridized carbons (Fsp3) is 0.533. The zero-order chi connectivity index (χ0) is 26.9. The standard InChI is InChI=1S/C30H40F2O5/c1-3-5-7-9-11-13-15-27(33)36-25-20-21-26(29(32)28(25)31)37-30(34)23-16-18-24(19-17-23)35-22-14-12-10-8-6-4-2/h16-21H,3-15,22H2,1-2H3. The molecular weight excluding hydrogens is 478 g/mol. The molecule has 0 aliphatic rings. The van der Waals surface area contributed by atoms with Crippen molar-refractivity contribution in [2.75, 3.05) is 6.61 Å². The molecule has 0 unspecified atom stereocenters. The number of hydrogen-bond acceptors (Lipinski definition) is 5. The van der Waals surface area contributed by atoms with Gasteiger partial charge in [-0.25, -0.2) is 4.79 Å². The molecule has 0 fully saturated rings. The topological polar surface area (TPSA) is 61.8 Å². The van der Waals surface area contributed by atoms with Gasteiger partial charge in [-0.3, -0.25) is 4.79 Å². The maximum atomic E-state index is 14.5. The van der Waals surface area contributed by atoms with E-state index in [1.807, 2.05) is 0 Å². The lowest BCUT2D eigenvalue weighted by molar-refractivity contribution is -0.134. The van der Waals surface area contributed by atoms with Gasteiger partial charge in [-0.1, -0.05) is 78.1 Å². The van der Waals surface area contributed by atoms with E-state index in [0.717, 1.165) is 57.1 Å². The van der Waals surface area contributed by atoms with Crippen LogP contribution in [0.2, 0.25) is 0 Å². The summed E-state index contributed by atoms with van der Waals surface area (Å²) in [6, 6.07) is 8.44. The van der Waals surface area contributed by atoms with Crippen LogP contribution in [0.15, 0.2) is 36.4 Å². The van der Waals surface area contributed by atoms with Gasteiger partial charge >= 0.3 is 11.9 Å². The smallest absolute Gasteiger partial charge is 0.343 e. The largest absolute Gasteiger partial charge is 0.494 e. The number of esters is 2. The van der Waals surface area contributed by atoms with Crippen molar-refractivity contribution in [1.82, 2.24) is 0 Å². The van der Waals surface area contributed by atoms with Crippen LogP contribution in [-0.4, -0.2) is 18.5 Å². The highest BCUT2D eigenvalue weighted by Crippen LogP contribution is 2.29. The summed E-state index contributed by atoms with van der Waals surface area (Å²) in [5.74, 6) is -4.72. The lowest BCUT2D eigenvalue weighted by Crippen LogP contribution is -2.12. The van der Waals surface area contributed by atoms with E-state index in [1.54, 1.807) is 12.1 Å². The Morgan fingerprint density at radius 1 is 0.649 bits per heavy atom. The van der Waals surface area contributed by atoms with Gasteiger partial charge in [0.15, 0.2) is 11.5 Å². The van der Waals surface area contributed by atoms with Crippen LogP contribution < -0.4 is 14.2 Å². The molecule has 0 saturated carbocycles. The van der Waals surface area contributed by atoms with Crippen LogP contribution in [0.25, 0.3) is 0 Å². The number of carbonyl (C=O) groups excluding carboxylic acids is 2. The minimum Gasteiger partial charge on any atom is -0.494 e. The second-order valence-corrected chi connectivity index (χ2v) is 9.21. The maximum Gasteiger partial charge on any atom is 0.343 e. The molecular formula is C30H40F2O5. The van der Waals surface area contributed by atoms with Crippen LogP contribution in [-0.2, 0) is 4.79 Å². The minimum absolute atomic E-state index is 0.128. The molecule has 0 atom stereocenters. The molecule has 2 aromatic carbocycles. The van der Waals surface area contributed by atoms with E-state index in [0.29, 0.717) is 18.8 Å². The highest BCUT2D eigenvalue weighted by atomic mass is 19.2. The Labute approximate surface area is 219 Å². The van der Waals surface area contributed by atoms with E-state index in [-0.39, 0.29) is 12.0 Å². The molecule has 0 aliphatic heterocycles. The van der Waals surface area contributed by atoms with Crippen LogP contribution >= 0.6 is 0 Å². The second kappa shape index (κ2) is 17.5. The number of ether oxygens (including phenoxy) is 3. The number of rotatable bonds is 18. The molecule has 0 radical (unpaired) electrons. The van der Waals surface area contributed by atoms with Crippen molar-refractivity contribution in [3.8, 4) is 17.2 Å². The van der Waals surface area contributed by atoms with Gasteiger partial charge in [0.1, 0.15) is 5.75 Å². The molecule has 0 spiro atoms. The Bertz CT molecular complexity index is 959. The summed E-state index contributed by atoms with van der Waals surface area (Å²) >= 11 is 0. The van der Waals surface area contributed by atoms with Crippen molar-refractivity contribution >= 4 is 11.9 Å². The van der Waals surface area contributed by atoms with Crippen molar-refractivity contribution in [2.24, 2.45) is 0 Å². The van der Waals surface area contributed by atoms with E-state index < -0.39 is 35.1 Å². The van der Waals surface area contributed by atoms with Gasteiger partial charge in [0, 0.05) is 6.42 Å². The van der Waals surface area contributed by atoms with Crippen molar-refractivity contribution in [3.05, 3.63) is 53.6 Å². The van der Waals surface area contributed by atoms with Crippen LogP contribution in [0.5, 0.6) is 17.2 Å². The van der Waals surface area contributed by atoms with Gasteiger partial charge in [-0.15, -0.1) is 0 Å². The van der Waals surface area contributed by atoms with Gasteiger partial charge in [-0.05, 0) is 49.2 Å². The first-order chi connectivity index (χ1) is 18.0. The van der Waals surface area contributed by atoms with E-state index >= 15 is 0 Å². The van der Waals surface area contributed by atoms with Gasteiger partial charge in [0.25, 0.3) is 0 Å². The number of hydrogen-bond donors (Lipinski definition) is 0. The van der Waals surface area contributed by atoms with Gasteiger partial charge in [-0.2, -0.15) is 8.78 Å². The van der Waals surface area contributed by atoms with Crippen LogP contribution in [0.4, 0.5) is 8.78 Å². The Morgan fingerprint density at radius 2 is 1.16 bits per heavy atom. The molecule has 0 aromatic heterocycles. The van der Waals surface area contributed by atoms with Crippen LogP contribution in [0.3, 0.4) is 0 Å². The average molecular weight is 519 g/mol. The monoisotopic (exact) mass is 518 g/mol. The van der Waals surface area contributed by atoms with Crippen molar-refractivity contribution in [1.29, 1.82) is 0 Å². The highest BCUT2D eigenvalue weighted by molar-refractivity contribution is 5.91. The fourth-order valence-electron chi connectivity index (χ4n) is 3.81. The van der Waals surface area contributed by atoms with Gasteiger partial charge in [0.2, 0.25) is 11.6 Å². The molecule has 204 valence electrons. The van der Waals surface area contributed by atoms with E-state index in [9.17, 15) is 18.4 Å². The quantitative estimate of drug-likeness (QED) is 0.112. The molecule has 2 aromatic rings. The SMILES string of the molecule is CCCCCCCCOc1ccc(C(=O)Oc2ccc(OC(=O)CCCCCCCC)c(F)c2F)cc1. The van der Waals surface area contributed by atoms with E-state index in [1.165, 1.54) is 37.8 Å². The van der Waals surface area contributed by atoms with E-state index in [2.05, 4.69) is 13.8 Å². The first-order valence-corrected chi connectivity index (χ1v) is 13.6. The Kier molecular flexibility index (Phi) is 14.3. The predicted molar refractivity (Wildman–Crippen MR) is 140 cm³/mol. The Hall–Kier alpha value is -2.96. The maximum absolute atomic E-state index is 14.5. The summed E-state index contributed by atoms with van der Waals surface area (Å²) in [7, 11) is 0. The summed E-state index contributed by atoms with van der Waals surface area (Å²) in [5.41, 5.74) is 0.168. The van der Waals surface area contributed by atoms with Crippen molar-refractivity contribution in [3.63, 3.8) is 0 Å². The van der Waals surface area contributed by atoms with Crippen molar-refractivity contribution < 1.29 is 32.6 Å². The minimum atomic E-state index is -1.39. The summed E-state index contributed by atoms with van der Waals surface area (Å²) in [5, 5.41) is 0. The molecule has 0 N–H and O–H groups in total. The van der Waals surface area contributed by atoms with Gasteiger partial charge in [0.05, 0.1) is 12.2 Å². The molecule has 5 nitrogen and oxygen atoms in total. The summed E-state index contributed by atoms with van der Waals surface area (Å²) in [6.07, 6.45) is 13.1. The zero-order valence-electron chi connectivity index (χ0n) is 22.2. The van der Waals surface area contributed by atoms with Gasteiger partial charge < -0.3 is 14.2 Å². The van der Waals surface area contributed by atoms with Crippen molar-refractivity contribution in [2.45, 2.75) is 97.3 Å². The third kappa shape index (κ3) is 11.3. The summed E-state index contributed by atoms with van der Waals surface area (Å²) in [6.45, 7) is 4.91. The lowest BCUT2D eigenvalue weighted by atomic mass is 10.1. The average Bonchev–Trinajstić information content (AvgIpc) is 2.90. The molecule has 0 saturated heterocycles. The summed E-state index contributed by atoms with van der Waals surface area (Å²) < 4.78 is 44.6. The van der Waals surface area contributed by atoms with Crippen LogP contribution in [0.1, 0.15) is 108 Å². The molecule has 0 aliphatic carbocycles. The third-order valence-electron chi connectivity index (χ3n) is 6.03. The normalized spacial score (nSPS) is 10.8.